The highest BCUT2D eigenvalue weighted by Crippen LogP contribution is 2.21. The molecule has 0 aromatic heterocycles. The van der Waals surface area contributed by atoms with E-state index < -0.39 is 6.04 Å². The normalized spacial score (nSPS) is 11.6. The number of nitrogens with zero attached hydrogens (tertiary/aromatic N) is 1. The van der Waals surface area contributed by atoms with Crippen LogP contribution in [0.15, 0.2) is 83.3 Å². The van der Waals surface area contributed by atoms with Crippen LogP contribution in [0.2, 0.25) is 5.02 Å². The van der Waals surface area contributed by atoms with Gasteiger partial charge in [0.1, 0.15) is 6.04 Å². The molecule has 3 rings (SSSR count). The van der Waals surface area contributed by atoms with Crippen molar-refractivity contribution in [1.82, 2.24) is 10.2 Å². The first-order chi connectivity index (χ1) is 16.0. The first-order valence-electron chi connectivity index (χ1n) is 11.1. The van der Waals surface area contributed by atoms with Crippen LogP contribution in [0.4, 0.5) is 0 Å². The maximum absolute atomic E-state index is 13.5. The molecule has 0 radical (unpaired) electrons. The number of carbonyl (C=O) groups is 2. The molecule has 3 aromatic rings. The van der Waals surface area contributed by atoms with Crippen LogP contribution >= 0.6 is 27.5 Å². The first-order valence-corrected chi connectivity index (χ1v) is 12.2. The topological polar surface area (TPSA) is 49.4 Å². The molecule has 4 nitrogen and oxygen atoms in total. The van der Waals surface area contributed by atoms with Crippen LogP contribution in [0.5, 0.6) is 0 Å². The average molecular weight is 528 g/mol. The number of hydrogen-bond acceptors (Lipinski definition) is 2. The number of carbonyl (C=O) groups excluding carboxylic acids is 2. The Morgan fingerprint density at radius 1 is 0.970 bits per heavy atom. The number of hydrogen-bond donors (Lipinski definition) is 1. The van der Waals surface area contributed by atoms with Crippen LogP contribution in [0.3, 0.4) is 0 Å². The van der Waals surface area contributed by atoms with Gasteiger partial charge in [0, 0.05) is 35.4 Å². The van der Waals surface area contributed by atoms with Crippen LogP contribution in [-0.2, 0) is 29.0 Å². The third-order valence-corrected chi connectivity index (χ3v) is 6.29. The maximum Gasteiger partial charge on any atom is 0.243 e. The smallest absolute Gasteiger partial charge is 0.243 e. The van der Waals surface area contributed by atoms with E-state index in [1.807, 2.05) is 85.8 Å². The van der Waals surface area contributed by atoms with Gasteiger partial charge in [-0.25, -0.2) is 0 Å². The van der Waals surface area contributed by atoms with Crippen molar-refractivity contribution in [2.24, 2.45) is 0 Å². The minimum Gasteiger partial charge on any atom is -0.355 e. The molecule has 0 heterocycles. The number of halogens is 2. The second-order valence-electron chi connectivity index (χ2n) is 7.84. The number of aryl methyl sites for hydroxylation is 1. The summed E-state index contributed by atoms with van der Waals surface area (Å²) in [5, 5.41) is 3.56. The largest absolute Gasteiger partial charge is 0.355 e. The van der Waals surface area contributed by atoms with Gasteiger partial charge in [-0.3, -0.25) is 9.59 Å². The van der Waals surface area contributed by atoms with E-state index in [1.54, 1.807) is 4.90 Å². The van der Waals surface area contributed by atoms with Gasteiger partial charge in [0.15, 0.2) is 0 Å². The molecule has 1 atom stereocenters. The second kappa shape index (κ2) is 12.6. The predicted molar refractivity (Wildman–Crippen MR) is 137 cm³/mol. The van der Waals surface area contributed by atoms with E-state index in [0.29, 0.717) is 31.0 Å². The van der Waals surface area contributed by atoms with Crippen molar-refractivity contribution in [3.8, 4) is 0 Å². The fraction of sp³-hybridized carbons (Fsp3) is 0.259. The Kier molecular flexibility index (Phi) is 9.52. The van der Waals surface area contributed by atoms with Crippen molar-refractivity contribution in [2.45, 2.75) is 38.8 Å². The summed E-state index contributed by atoms with van der Waals surface area (Å²) in [6, 6.07) is 24.6. The fourth-order valence-electron chi connectivity index (χ4n) is 3.76. The van der Waals surface area contributed by atoms with Crippen molar-refractivity contribution >= 4 is 39.3 Å². The maximum atomic E-state index is 13.5. The van der Waals surface area contributed by atoms with Crippen molar-refractivity contribution in [3.63, 3.8) is 0 Å². The molecule has 0 fully saturated rings. The van der Waals surface area contributed by atoms with E-state index in [0.717, 1.165) is 21.2 Å². The summed E-state index contributed by atoms with van der Waals surface area (Å²) >= 11 is 9.81. The molecule has 0 aliphatic rings. The van der Waals surface area contributed by atoms with Gasteiger partial charge < -0.3 is 10.2 Å². The summed E-state index contributed by atoms with van der Waals surface area (Å²) in [6.07, 6.45) is 1.22. The van der Waals surface area contributed by atoms with Gasteiger partial charge in [0.05, 0.1) is 0 Å². The van der Waals surface area contributed by atoms with Crippen LogP contribution in [0.25, 0.3) is 0 Å². The molecule has 0 bridgehead atoms. The molecular weight excluding hydrogens is 500 g/mol. The van der Waals surface area contributed by atoms with Gasteiger partial charge in [-0.05, 0) is 48.2 Å². The van der Waals surface area contributed by atoms with Crippen LogP contribution in [-0.4, -0.2) is 29.3 Å². The molecule has 0 aliphatic heterocycles. The number of benzene rings is 3. The lowest BCUT2D eigenvalue weighted by Crippen LogP contribution is -2.50. The highest BCUT2D eigenvalue weighted by molar-refractivity contribution is 9.10. The van der Waals surface area contributed by atoms with Gasteiger partial charge in [-0.2, -0.15) is 0 Å². The molecule has 0 aliphatic carbocycles. The Morgan fingerprint density at radius 3 is 2.36 bits per heavy atom. The van der Waals surface area contributed by atoms with E-state index in [9.17, 15) is 9.59 Å². The Hall–Kier alpha value is -2.63. The molecule has 172 valence electrons. The lowest BCUT2D eigenvalue weighted by molar-refractivity contribution is -0.141. The van der Waals surface area contributed by atoms with Gasteiger partial charge in [-0.15, -0.1) is 0 Å². The first kappa shape index (κ1) is 25.0. The molecule has 0 spiro atoms. The second-order valence-corrected chi connectivity index (χ2v) is 9.17. The van der Waals surface area contributed by atoms with Crippen molar-refractivity contribution in [2.75, 3.05) is 6.54 Å². The monoisotopic (exact) mass is 526 g/mol. The van der Waals surface area contributed by atoms with Gasteiger partial charge in [0.25, 0.3) is 0 Å². The quantitative estimate of drug-likeness (QED) is 0.362. The molecule has 3 aromatic carbocycles. The summed E-state index contributed by atoms with van der Waals surface area (Å²) < 4.78 is 0.932. The third kappa shape index (κ3) is 7.44. The van der Waals surface area contributed by atoms with E-state index in [2.05, 4.69) is 21.2 Å². The van der Waals surface area contributed by atoms with Crippen LogP contribution in [0, 0.1) is 0 Å². The number of likely N-dealkylation sites (N-methyl/N-ethyl adjacent to an activating group) is 1. The summed E-state index contributed by atoms with van der Waals surface area (Å²) in [4.78, 5) is 28.4. The molecule has 2 amide bonds. The Labute approximate surface area is 209 Å². The molecule has 0 saturated heterocycles. The Bertz CT molecular complexity index is 1070. The SMILES string of the molecule is CCNC(=O)[C@@H](Cc1ccccc1)N(Cc1cccc(Br)c1)C(=O)CCc1ccccc1Cl. The zero-order valence-electron chi connectivity index (χ0n) is 18.6. The molecule has 6 heteroatoms. The zero-order valence-corrected chi connectivity index (χ0v) is 21.0. The van der Waals surface area contributed by atoms with Crippen LogP contribution < -0.4 is 5.32 Å². The Morgan fingerprint density at radius 2 is 1.67 bits per heavy atom. The van der Waals surface area contributed by atoms with E-state index >= 15 is 0 Å². The lowest BCUT2D eigenvalue weighted by atomic mass is 10.0. The van der Waals surface area contributed by atoms with Crippen molar-refractivity contribution in [3.05, 3.63) is 105 Å². The highest BCUT2D eigenvalue weighted by atomic mass is 79.9. The Balaban J connectivity index is 1.90. The van der Waals surface area contributed by atoms with Crippen LogP contribution in [0.1, 0.15) is 30.0 Å². The molecular formula is C27H28BrClN2O2. The summed E-state index contributed by atoms with van der Waals surface area (Å²) in [5.74, 6) is -0.232. The van der Waals surface area contributed by atoms with Crippen molar-refractivity contribution < 1.29 is 9.59 Å². The molecule has 33 heavy (non-hydrogen) atoms. The predicted octanol–water partition coefficient (Wildman–Crippen LogP) is 5.81. The van der Waals surface area contributed by atoms with Gasteiger partial charge >= 0.3 is 0 Å². The summed E-state index contributed by atoms with van der Waals surface area (Å²) in [7, 11) is 0. The molecule has 0 saturated carbocycles. The molecule has 1 N–H and O–H groups in total. The number of rotatable bonds is 10. The standard InChI is InChI=1S/C27H28BrClN2O2/c1-2-30-27(33)25(18-20-9-4-3-5-10-20)31(19-21-11-8-13-23(28)17-21)26(32)16-15-22-12-6-7-14-24(22)29/h3-14,17,25H,2,15-16,18-19H2,1H3,(H,30,33)/t25-/m1/s1. The number of amides is 2. The third-order valence-electron chi connectivity index (χ3n) is 5.43. The van der Waals surface area contributed by atoms with E-state index in [4.69, 9.17) is 11.6 Å². The summed E-state index contributed by atoms with van der Waals surface area (Å²) in [6.45, 7) is 2.73. The number of nitrogens with one attached hydrogen (secondary N) is 1. The average Bonchev–Trinajstić information content (AvgIpc) is 2.81. The van der Waals surface area contributed by atoms with Gasteiger partial charge in [0.2, 0.25) is 11.8 Å². The van der Waals surface area contributed by atoms with E-state index in [1.165, 1.54) is 0 Å². The fourth-order valence-corrected chi connectivity index (χ4v) is 4.44. The lowest BCUT2D eigenvalue weighted by Gasteiger charge is -2.31. The molecule has 0 unspecified atom stereocenters. The summed E-state index contributed by atoms with van der Waals surface area (Å²) in [5.41, 5.74) is 2.89. The minimum absolute atomic E-state index is 0.0814. The van der Waals surface area contributed by atoms with Crippen molar-refractivity contribution in [1.29, 1.82) is 0 Å². The van der Waals surface area contributed by atoms with Gasteiger partial charge in [-0.1, -0.05) is 88.2 Å². The minimum atomic E-state index is -0.620. The van der Waals surface area contributed by atoms with E-state index in [-0.39, 0.29) is 18.2 Å². The highest BCUT2D eigenvalue weighted by Gasteiger charge is 2.30. The zero-order chi connectivity index (χ0) is 23.6.